The second kappa shape index (κ2) is 12.4. The number of anilines is 2. The molecule has 4 aliphatic rings. The maximum Gasteiger partial charge on any atom is 0.251 e. The number of hydrogen-bond acceptors (Lipinski definition) is 6. The molecule has 4 heterocycles. The Morgan fingerprint density at radius 1 is 0.915 bits per heavy atom. The second-order valence-corrected chi connectivity index (χ2v) is 14.1. The van der Waals surface area contributed by atoms with Crippen LogP contribution in [0, 0.1) is 25.7 Å². The molecule has 1 unspecified atom stereocenters. The zero-order chi connectivity index (χ0) is 32.9. The van der Waals surface area contributed by atoms with E-state index in [0.717, 1.165) is 33.8 Å². The highest BCUT2D eigenvalue weighted by Crippen LogP contribution is 2.62. The van der Waals surface area contributed by atoms with Gasteiger partial charge in [-0.1, -0.05) is 66.8 Å². The van der Waals surface area contributed by atoms with E-state index in [9.17, 15) is 9.90 Å². The summed E-state index contributed by atoms with van der Waals surface area (Å²) in [5, 5.41) is 10.6. The van der Waals surface area contributed by atoms with Gasteiger partial charge >= 0.3 is 0 Å². The molecule has 3 amide bonds. The van der Waals surface area contributed by atoms with Crippen LogP contribution in [0.1, 0.15) is 29.7 Å². The van der Waals surface area contributed by atoms with E-state index in [1.54, 1.807) is 14.7 Å². The van der Waals surface area contributed by atoms with Crippen LogP contribution in [0.4, 0.5) is 11.4 Å². The topological polar surface area (TPSA) is 90.4 Å². The van der Waals surface area contributed by atoms with E-state index in [2.05, 4.69) is 0 Å². The number of aryl methyl sites for hydroxylation is 2. The lowest BCUT2D eigenvalue weighted by Gasteiger charge is -2.39. The predicted molar refractivity (Wildman–Crippen MR) is 185 cm³/mol. The molecule has 3 aromatic carbocycles. The Morgan fingerprint density at radius 3 is 2.38 bits per heavy atom. The molecule has 6 atom stereocenters. The van der Waals surface area contributed by atoms with Gasteiger partial charge in [0.05, 0.1) is 35.8 Å². The van der Waals surface area contributed by atoms with E-state index in [-0.39, 0.29) is 29.6 Å². The minimum absolute atomic E-state index is 0.149. The van der Waals surface area contributed by atoms with Crippen molar-refractivity contribution < 1.29 is 24.2 Å². The van der Waals surface area contributed by atoms with Crippen LogP contribution in [-0.4, -0.2) is 70.1 Å². The van der Waals surface area contributed by atoms with Crippen LogP contribution in [0.25, 0.3) is 0 Å². The average molecular weight is 650 g/mol. The number of amides is 3. The van der Waals surface area contributed by atoms with E-state index in [4.69, 9.17) is 4.74 Å². The third-order valence-electron chi connectivity index (χ3n) is 9.90. The molecule has 0 bridgehead atoms. The molecular weight excluding hydrogens is 611 g/mol. The number of thioether (sulfide) groups is 1. The zero-order valence-electron chi connectivity index (χ0n) is 26.8. The van der Waals surface area contributed by atoms with Crippen LogP contribution in [0.3, 0.4) is 0 Å². The molecule has 0 aliphatic carbocycles. The number of carbonyl (C=O) groups excluding carboxylic acids is 3. The van der Waals surface area contributed by atoms with Crippen LogP contribution < -0.4 is 14.5 Å². The van der Waals surface area contributed by atoms with E-state index >= 15 is 9.59 Å². The van der Waals surface area contributed by atoms with Crippen molar-refractivity contribution in [2.24, 2.45) is 11.8 Å². The molecule has 47 heavy (non-hydrogen) atoms. The summed E-state index contributed by atoms with van der Waals surface area (Å²) >= 11 is 1.54. The number of likely N-dealkylation sites (tertiary alicyclic amines) is 1. The first-order chi connectivity index (χ1) is 22.8. The Labute approximate surface area is 279 Å². The SMILES string of the molecule is CCOc1ccc(N2CC=C[C@@H]3S[C@]45C=CCN(c6cc(C)ccc6C)C(=O)C4N([C@H](CO)c4ccccc4)C(=O)[C@@H]5[C@@H]3C2=O)cc1. The van der Waals surface area contributed by atoms with E-state index in [1.165, 1.54) is 11.8 Å². The summed E-state index contributed by atoms with van der Waals surface area (Å²) in [6, 6.07) is 21.1. The Bertz CT molecular complexity index is 1760. The number of nitrogens with zero attached hydrogens (tertiary/aromatic N) is 3. The summed E-state index contributed by atoms with van der Waals surface area (Å²) in [6.07, 6.45) is 8.03. The lowest BCUT2D eigenvalue weighted by atomic mass is 9.78. The Hall–Kier alpha value is -4.34. The van der Waals surface area contributed by atoms with Crippen molar-refractivity contribution >= 4 is 40.9 Å². The first kappa shape index (κ1) is 31.3. The van der Waals surface area contributed by atoms with Crippen LogP contribution in [0.5, 0.6) is 5.75 Å². The van der Waals surface area contributed by atoms with Gasteiger partial charge in [-0.2, -0.15) is 0 Å². The summed E-state index contributed by atoms with van der Waals surface area (Å²) in [6.45, 7) is 6.79. The molecule has 0 radical (unpaired) electrons. The van der Waals surface area contributed by atoms with Gasteiger partial charge in [-0.15, -0.1) is 11.8 Å². The fourth-order valence-electron chi connectivity index (χ4n) is 7.79. The van der Waals surface area contributed by atoms with Crippen molar-refractivity contribution in [1.29, 1.82) is 0 Å². The average Bonchev–Trinajstić information content (AvgIpc) is 3.39. The van der Waals surface area contributed by atoms with Crippen molar-refractivity contribution in [1.82, 2.24) is 4.90 Å². The van der Waals surface area contributed by atoms with Crippen LogP contribution in [-0.2, 0) is 14.4 Å². The lowest BCUT2D eigenvalue weighted by molar-refractivity contribution is -0.141. The summed E-state index contributed by atoms with van der Waals surface area (Å²) < 4.78 is 4.61. The molecule has 2 saturated heterocycles. The minimum atomic E-state index is -1.01. The standard InChI is InChI=1S/C38H39N3O5S/c1-4-46-28-17-15-27(16-18-28)39-20-8-12-31-32(35(39)43)33-36(44)41(30(23-42)26-10-6-5-7-11-26)34-37(45)40(21-9-19-38(33,34)47-31)29-22-24(2)13-14-25(29)3/h5-19,22,30-34,42H,4,20-21,23H2,1-3H3/t30-,31+,32-,33+,34?,38+/m1/s1. The summed E-state index contributed by atoms with van der Waals surface area (Å²) in [5.74, 6) is -1.43. The number of ether oxygens (including phenoxy) is 1. The highest BCUT2D eigenvalue weighted by molar-refractivity contribution is 8.02. The van der Waals surface area contributed by atoms with E-state index < -0.39 is 28.7 Å². The van der Waals surface area contributed by atoms with Crippen molar-refractivity contribution in [3.8, 4) is 5.75 Å². The van der Waals surface area contributed by atoms with Crippen LogP contribution >= 0.6 is 11.8 Å². The second-order valence-electron chi connectivity index (χ2n) is 12.6. The molecule has 3 aromatic rings. The van der Waals surface area contributed by atoms with Gasteiger partial charge < -0.3 is 24.5 Å². The summed E-state index contributed by atoms with van der Waals surface area (Å²) in [7, 11) is 0. The maximum absolute atomic E-state index is 15.0. The van der Waals surface area contributed by atoms with Gasteiger partial charge in [-0.3, -0.25) is 14.4 Å². The number of rotatable bonds is 7. The Morgan fingerprint density at radius 2 is 1.66 bits per heavy atom. The Balaban J connectivity index is 1.35. The largest absolute Gasteiger partial charge is 0.494 e. The zero-order valence-corrected chi connectivity index (χ0v) is 27.6. The highest BCUT2D eigenvalue weighted by atomic mass is 32.2. The van der Waals surface area contributed by atoms with Gasteiger partial charge in [-0.25, -0.2) is 0 Å². The van der Waals surface area contributed by atoms with Crippen LogP contribution in [0.15, 0.2) is 97.1 Å². The number of benzene rings is 3. The van der Waals surface area contributed by atoms with Crippen molar-refractivity contribution in [2.45, 2.75) is 42.9 Å². The maximum atomic E-state index is 15.0. The minimum Gasteiger partial charge on any atom is -0.494 e. The van der Waals surface area contributed by atoms with Crippen LogP contribution in [0.2, 0.25) is 0 Å². The number of aliphatic hydroxyl groups excluding tert-OH is 1. The predicted octanol–water partition coefficient (Wildman–Crippen LogP) is 5.24. The number of aliphatic hydroxyl groups is 1. The summed E-state index contributed by atoms with van der Waals surface area (Å²) in [4.78, 5) is 49.8. The molecule has 4 aliphatic heterocycles. The van der Waals surface area contributed by atoms with Gasteiger partial charge in [0.1, 0.15) is 11.8 Å². The highest BCUT2D eigenvalue weighted by Gasteiger charge is 2.72. The molecule has 2 fully saturated rings. The van der Waals surface area contributed by atoms with Gasteiger partial charge in [0.25, 0.3) is 5.91 Å². The first-order valence-corrected chi connectivity index (χ1v) is 17.1. The molecule has 9 heteroatoms. The quantitative estimate of drug-likeness (QED) is 0.353. The molecule has 1 N–H and O–H groups in total. The number of carbonyl (C=O) groups is 3. The number of fused-ring (bicyclic) bond motifs is 2. The van der Waals surface area contributed by atoms with Gasteiger partial charge in [0, 0.05) is 29.7 Å². The smallest absolute Gasteiger partial charge is 0.251 e. The van der Waals surface area contributed by atoms with Gasteiger partial charge in [0.2, 0.25) is 11.8 Å². The molecule has 0 aromatic heterocycles. The van der Waals surface area contributed by atoms with Crippen molar-refractivity contribution in [2.75, 3.05) is 36.1 Å². The summed E-state index contributed by atoms with van der Waals surface area (Å²) in [5.41, 5.74) is 4.24. The third-order valence-corrected chi connectivity index (χ3v) is 11.6. The molecule has 7 rings (SSSR count). The molecule has 0 saturated carbocycles. The third kappa shape index (κ3) is 5.07. The lowest BCUT2D eigenvalue weighted by Crippen LogP contribution is -2.54. The number of hydrogen-bond donors (Lipinski definition) is 1. The normalized spacial score (nSPS) is 27.3. The Kier molecular flexibility index (Phi) is 8.22. The molecular formula is C38H39N3O5S. The van der Waals surface area contributed by atoms with Gasteiger partial charge in [-0.05, 0) is 67.8 Å². The van der Waals surface area contributed by atoms with E-state index in [1.807, 2.05) is 118 Å². The first-order valence-electron chi connectivity index (χ1n) is 16.2. The molecule has 242 valence electrons. The van der Waals surface area contributed by atoms with Crippen molar-refractivity contribution in [3.63, 3.8) is 0 Å². The molecule has 8 nitrogen and oxygen atoms in total. The van der Waals surface area contributed by atoms with Gasteiger partial charge in [0.15, 0.2) is 0 Å². The van der Waals surface area contributed by atoms with E-state index in [0.29, 0.717) is 19.7 Å². The van der Waals surface area contributed by atoms with Crippen molar-refractivity contribution in [3.05, 3.63) is 114 Å². The molecule has 1 spiro atoms. The fourth-order valence-corrected chi connectivity index (χ4v) is 9.78. The monoisotopic (exact) mass is 649 g/mol. The fraction of sp³-hybridized carbons (Fsp3) is 0.342.